The third-order valence-corrected chi connectivity index (χ3v) is 3.85. The molecule has 4 heteroatoms. The molecule has 104 valence electrons. The zero-order valence-corrected chi connectivity index (χ0v) is 12.1. The van der Waals surface area contributed by atoms with Crippen molar-refractivity contribution in [2.45, 2.75) is 32.4 Å². The fourth-order valence-corrected chi connectivity index (χ4v) is 2.43. The molecule has 1 N–H and O–H groups in total. The van der Waals surface area contributed by atoms with Crippen molar-refractivity contribution in [1.29, 1.82) is 0 Å². The number of likely N-dealkylation sites (N-methyl/N-ethyl adjacent to an activating group) is 1. The first-order chi connectivity index (χ1) is 9.04. The van der Waals surface area contributed by atoms with Crippen LogP contribution in [0.3, 0.4) is 0 Å². The summed E-state index contributed by atoms with van der Waals surface area (Å²) in [7, 11) is 4.01. The summed E-state index contributed by atoms with van der Waals surface area (Å²) in [5.41, 5.74) is 1.73. The highest BCUT2D eigenvalue weighted by Gasteiger charge is 2.30. The van der Waals surface area contributed by atoms with E-state index in [9.17, 15) is 4.79 Å². The smallest absolute Gasteiger partial charge is 0.159 e. The minimum Gasteiger partial charge on any atom is -0.486 e. The minimum atomic E-state index is 0.0844. The lowest BCUT2D eigenvalue weighted by Crippen LogP contribution is -2.47. The van der Waals surface area contributed by atoms with Crippen molar-refractivity contribution < 1.29 is 9.53 Å². The Hall–Kier alpha value is -1.55. The van der Waals surface area contributed by atoms with E-state index in [-0.39, 0.29) is 11.9 Å². The molecule has 1 heterocycles. The van der Waals surface area contributed by atoms with E-state index < -0.39 is 0 Å². The minimum absolute atomic E-state index is 0.0844. The van der Waals surface area contributed by atoms with Crippen molar-refractivity contribution in [2.24, 2.45) is 0 Å². The molecule has 1 aliphatic heterocycles. The number of anilines is 1. The Labute approximate surface area is 114 Å². The van der Waals surface area contributed by atoms with Crippen LogP contribution in [0.1, 0.15) is 30.6 Å². The normalized spacial score (nSPS) is 21.8. The van der Waals surface area contributed by atoms with E-state index >= 15 is 0 Å². The van der Waals surface area contributed by atoms with E-state index in [4.69, 9.17) is 4.74 Å². The maximum absolute atomic E-state index is 11.5. The van der Waals surface area contributed by atoms with Gasteiger partial charge >= 0.3 is 0 Å². The summed E-state index contributed by atoms with van der Waals surface area (Å²) in [5.74, 6) is 0.952. The molecule has 0 amide bonds. The summed E-state index contributed by atoms with van der Waals surface area (Å²) in [6.07, 6.45) is 1.14. The summed E-state index contributed by atoms with van der Waals surface area (Å²) < 4.78 is 6.06. The molecule has 2 rings (SSSR count). The van der Waals surface area contributed by atoms with E-state index in [1.54, 1.807) is 6.92 Å². The van der Waals surface area contributed by atoms with Crippen LogP contribution >= 0.6 is 0 Å². The highest BCUT2D eigenvalue weighted by Crippen LogP contribution is 2.36. The van der Waals surface area contributed by atoms with Crippen molar-refractivity contribution in [3.05, 3.63) is 23.8 Å². The number of rotatable bonds is 4. The predicted molar refractivity (Wildman–Crippen MR) is 77.3 cm³/mol. The molecule has 2 unspecified atom stereocenters. The predicted octanol–water partition coefficient (Wildman–Crippen LogP) is 2.08. The van der Waals surface area contributed by atoms with Gasteiger partial charge in [-0.3, -0.25) is 4.79 Å². The molecule has 4 nitrogen and oxygen atoms in total. The monoisotopic (exact) mass is 262 g/mol. The fraction of sp³-hybridized carbons (Fsp3) is 0.533. The van der Waals surface area contributed by atoms with Crippen LogP contribution in [0.25, 0.3) is 0 Å². The van der Waals surface area contributed by atoms with Crippen LogP contribution in [-0.4, -0.2) is 38.6 Å². The zero-order valence-electron chi connectivity index (χ0n) is 12.1. The van der Waals surface area contributed by atoms with E-state index in [0.29, 0.717) is 6.04 Å². The van der Waals surface area contributed by atoms with Gasteiger partial charge in [0.25, 0.3) is 0 Å². The van der Waals surface area contributed by atoms with Crippen LogP contribution in [0.15, 0.2) is 18.2 Å². The first kappa shape index (κ1) is 13.9. The lowest BCUT2D eigenvalue weighted by molar-refractivity contribution is 0.101. The van der Waals surface area contributed by atoms with Crippen LogP contribution < -0.4 is 15.0 Å². The van der Waals surface area contributed by atoms with E-state index in [1.807, 2.05) is 25.2 Å². The SMILES string of the molecule is CNCCC1Oc2ccc(C(C)=O)cc2N(C)C1C. The van der Waals surface area contributed by atoms with Gasteiger partial charge in [0.05, 0.1) is 11.7 Å². The Morgan fingerprint density at radius 1 is 1.47 bits per heavy atom. The molecular formula is C15H22N2O2. The van der Waals surface area contributed by atoms with Crippen LogP contribution in [-0.2, 0) is 0 Å². The Balaban J connectivity index is 2.27. The number of nitrogens with one attached hydrogen (secondary N) is 1. The van der Waals surface area contributed by atoms with Gasteiger partial charge in [0.2, 0.25) is 0 Å². The molecule has 1 aromatic carbocycles. The van der Waals surface area contributed by atoms with Gasteiger partial charge in [-0.05, 0) is 52.1 Å². The number of Topliss-reactive ketones (excluding diaryl/α,β-unsaturated/α-hetero) is 1. The summed E-state index contributed by atoms with van der Waals surface area (Å²) in [6, 6.07) is 5.95. The van der Waals surface area contributed by atoms with Gasteiger partial charge in [-0.1, -0.05) is 0 Å². The quantitative estimate of drug-likeness (QED) is 0.844. The summed E-state index contributed by atoms with van der Waals surface area (Å²) in [5, 5.41) is 3.16. The summed E-state index contributed by atoms with van der Waals surface area (Å²) >= 11 is 0. The van der Waals surface area contributed by atoms with Crippen molar-refractivity contribution >= 4 is 11.5 Å². The lowest BCUT2D eigenvalue weighted by atomic mass is 10.0. The highest BCUT2D eigenvalue weighted by atomic mass is 16.5. The second kappa shape index (κ2) is 5.61. The molecule has 1 aromatic rings. The molecule has 0 aromatic heterocycles. The van der Waals surface area contributed by atoms with Crippen LogP contribution in [0, 0.1) is 0 Å². The zero-order chi connectivity index (χ0) is 14.0. The first-order valence-electron chi connectivity index (χ1n) is 6.73. The molecule has 0 bridgehead atoms. The maximum Gasteiger partial charge on any atom is 0.159 e. The summed E-state index contributed by atoms with van der Waals surface area (Å²) in [6.45, 7) is 4.68. The number of fused-ring (bicyclic) bond motifs is 1. The third kappa shape index (κ3) is 2.73. The van der Waals surface area contributed by atoms with Gasteiger partial charge < -0.3 is 15.0 Å². The molecule has 0 spiro atoms. The van der Waals surface area contributed by atoms with Gasteiger partial charge in [0.15, 0.2) is 5.78 Å². The second-order valence-corrected chi connectivity index (χ2v) is 5.14. The molecule has 0 aliphatic carbocycles. The topological polar surface area (TPSA) is 41.6 Å². The maximum atomic E-state index is 11.5. The molecule has 0 fully saturated rings. The average molecular weight is 262 g/mol. The number of benzene rings is 1. The molecule has 1 aliphatic rings. The molecule has 0 radical (unpaired) electrons. The van der Waals surface area contributed by atoms with Crippen molar-refractivity contribution in [2.75, 3.05) is 25.5 Å². The van der Waals surface area contributed by atoms with Crippen LogP contribution in [0.4, 0.5) is 5.69 Å². The lowest BCUT2D eigenvalue weighted by Gasteiger charge is -2.40. The van der Waals surface area contributed by atoms with E-state index in [0.717, 1.165) is 30.0 Å². The van der Waals surface area contributed by atoms with Crippen LogP contribution in [0.5, 0.6) is 5.75 Å². The Bertz CT molecular complexity index is 473. The number of ether oxygens (including phenoxy) is 1. The second-order valence-electron chi connectivity index (χ2n) is 5.14. The number of carbonyl (C=O) groups is 1. The molecular weight excluding hydrogens is 240 g/mol. The largest absolute Gasteiger partial charge is 0.486 e. The fourth-order valence-electron chi connectivity index (χ4n) is 2.43. The van der Waals surface area contributed by atoms with Crippen molar-refractivity contribution in [3.63, 3.8) is 0 Å². The molecule has 2 atom stereocenters. The van der Waals surface area contributed by atoms with Crippen molar-refractivity contribution in [1.82, 2.24) is 5.32 Å². The Morgan fingerprint density at radius 2 is 2.21 bits per heavy atom. The average Bonchev–Trinajstić information content (AvgIpc) is 2.40. The number of carbonyl (C=O) groups excluding carboxylic acids is 1. The third-order valence-electron chi connectivity index (χ3n) is 3.85. The standard InChI is InChI=1S/C15H22N2O2/c1-10-14(7-8-16-3)19-15-6-5-12(11(2)18)9-13(15)17(10)4/h5-6,9-10,14,16H,7-8H2,1-4H3. The Morgan fingerprint density at radius 3 is 2.84 bits per heavy atom. The van der Waals surface area contributed by atoms with Gasteiger partial charge in [-0.25, -0.2) is 0 Å². The number of hydrogen-bond acceptors (Lipinski definition) is 4. The number of nitrogens with zero attached hydrogens (tertiary/aromatic N) is 1. The van der Waals surface area contributed by atoms with Crippen molar-refractivity contribution in [3.8, 4) is 5.75 Å². The van der Waals surface area contributed by atoms with E-state index in [1.165, 1.54) is 0 Å². The van der Waals surface area contributed by atoms with Gasteiger partial charge in [-0.15, -0.1) is 0 Å². The number of ketones is 1. The summed E-state index contributed by atoms with van der Waals surface area (Å²) in [4.78, 5) is 13.7. The van der Waals surface area contributed by atoms with Crippen LogP contribution in [0.2, 0.25) is 0 Å². The molecule has 0 saturated carbocycles. The van der Waals surface area contributed by atoms with Gasteiger partial charge in [-0.2, -0.15) is 0 Å². The Kier molecular flexibility index (Phi) is 4.10. The van der Waals surface area contributed by atoms with Gasteiger partial charge in [0, 0.05) is 12.6 Å². The first-order valence-corrected chi connectivity index (χ1v) is 6.73. The highest BCUT2D eigenvalue weighted by molar-refractivity contribution is 5.95. The molecule has 0 saturated heterocycles. The molecule has 19 heavy (non-hydrogen) atoms. The van der Waals surface area contributed by atoms with Gasteiger partial charge in [0.1, 0.15) is 11.9 Å². The van der Waals surface area contributed by atoms with E-state index in [2.05, 4.69) is 24.2 Å². The number of hydrogen-bond donors (Lipinski definition) is 1.